The van der Waals surface area contributed by atoms with E-state index in [2.05, 4.69) is 31.1 Å². The molecule has 2 nitrogen and oxygen atoms in total. The third kappa shape index (κ3) is 3.12. The Labute approximate surface area is 121 Å². The van der Waals surface area contributed by atoms with E-state index >= 15 is 0 Å². The monoisotopic (exact) mass is 300 g/mol. The summed E-state index contributed by atoms with van der Waals surface area (Å²) in [5.41, 5.74) is 1.12. The Morgan fingerprint density at radius 3 is 2.89 bits per heavy atom. The summed E-state index contributed by atoms with van der Waals surface area (Å²) in [7, 11) is 0. The highest BCUT2D eigenvalue weighted by Crippen LogP contribution is 2.36. The molecule has 0 fully saturated rings. The maximum Gasteiger partial charge on any atom is 0.133 e. The summed E-state index contributed by atoms with van der Waals surface area (Å²) >= 11 is 9.38. The molecule has 0 aliphatic heterocycles. The number of nitrogens with zero attached hydrogens (tertiary/aromatic N) is 1. The number of rotatable bonds is 5. The fourth-order valence-electron chi connectivity index (χ4n) is 1.79. The average molecular weight is 301 g/mol. The summed E-state index contributed by atoms with van der Waals surface area (Å²) in [6, 6.07) is 2.35. The minimum atomic E-state index is 0.367. The zero-order valence-electron chi connectivity index (χ0n) is 10.8. The van der Waals surface area contributed by atoms with E-state index in [0.717, 1.165) is 33.6 Å². The molecule has 1 unspecified atom stereocenters. The van der Waals surface area contributed by atoms with Crippen LogP contribution in [0.5, 0.6) is 0 Å². The second-order valence-electron chi connectivity index (χ2n) is 4.27. The van der Waals surface area contributed by atoms with Crippen LogP contribution in [0.3, 0.4) is 0 Å². The first-order valence-corrected chi connectivity index (χ1v) is 8.14. The Bertz CT molecular complexity index is 519. The van der Waals surface area contributed by atoms with Crippen LogP contribution in [0.25, 0.3) is 9.88 Å². The number of halogens is 1. The van der Waals surface area contributed by atoms with Crippen LogP contribution in [0, 0.1) is 6.92 Å². The van der Waals surface area contributed by atoms with Gasteiger partial charge in [0.2, 0.25) is 0 Å². The van der Waals surface area contributed by atoms with Crippen LogP contribution in [0.15, 0.2) is 11.4 Å². The molecule has 2 rings (SSSR count). The quantitative estimate of drug-likeness (QED) is 0.850. The van der Waals surface area contributed by atoms with Crippen molar-refractivity contribution in [2.24, 2.45) is 0 Å². The van der Waals surface area contributed by atoms with Crippen molar-refractivity contribution in [1.82, 2.24) is 10.3 Å². The number of aryl methyl sites for hydroxylation is 1. The first kappa shape index (κ1) is 14.0. The molecule has 1 atom stereocenters. The van der Waals surface area contributed by atoms with E-state index in [9.17, 15) is 0 Å². The van der Waals surface area contributed by atoms with E-state index in [4.69, 9.17) is 11.6 Å². The van der Waals surface area contributed by atoms with Crippen LogP contribution in [0.1, 0.15) is 36.9 Å². The van der Waals surface area contributed by atoms with Gasteiger partial charge in [0.25, 0.3) is 0 Å². The zero-order valence-corrected chi connectivity index (χ0v) is 13.2. The lowest BCUT2D eigenvalue weighted by Gasteiger charge is -2.11. The molecule has 2 aromatic heterocycles. The normalized spacial score (nSPS) is 12.9. The summed E-state index contributed by atoms with van der Waals surface area (Å²) in [4.78, 5) is 7.13. The molecular formula is C13H17ClN2S2. The fourth-order valence-corrected chi connectivity index (χ4v) is 4.02. The highest BCUT2D eigenvalue weighted by atomic mass is 35.5. The predicted octanol–water partition coefficient (Wildman–Crippen LogP) is 4.89. The largest absolute Gasteiger partial charge is 0.309 e. The van der Waals surface area contributed by atoms with Gasteiger partial charge >= 0.3 is 0 Å². The molecule has 0 amide bonds. The SMILES string of the molecule is CCCNC(C)c1sc(-c2cc(Cl)cs2)nc1C. The van der Waals surface area contributed by atoms with Crippen LogP contribution in [-0.2, 0) is 0 Å². The summed E-state index contributed by atoms with van der Waals surface area (Å²) in [5, 5.41) is 7.32. The van der Waals surface area contributed by atoms with Crippen LogP contribution >= 0.6 is 34.3 Å². The van der Waals surface area contributed by atoms with E-state index in [0.29, 0.717) is 6.04 Å². The lowest BCUT2D eigenvalue weighted by molar-refractivity contribution is 0.575. The maximum absolute atomic E-state index is 5.96. The Morgan fingerprint density at radius 1 is 1.50 bits per heavy atom. The number of thiophene rings is 1. The molecule has 0 radical (unpaired) electrons. The van der Waals surface area contributed by atoms with Gasteiger partial charge in [-0.1, -0.05) is 18.5 Å². The van der Waals surface area contributed by atoms with Gasteiger partial charge in [0.15, 0.2) is 0 Å². The van der Waals surface area contributed by atoms with Crippen molar-refractivity contribution in [3.8, 4) is 9.88 Å². The zero-order chi connectivity index (χ0) is 13.1. The van der Waals surface area contributed by atoms with Crippen molar-refractivity contribution in [1.29, 1.82) is 0 Å². The van der Waals surface area contributed by atoms with Gasteiger partial charge in [-0.2, -0.15) is 0 Å². The first-order chi connectivity index (χ1) is 8.61. The molecule has 5 heteroatoms. The van der Waals surface area contributed by atoms with E-state index in [1.165, 1.54) is 4.88 Å². The molecule has 0 bridgehead atoms. The maximum atomic E-state index is 5.96. The molecule has 0 saturated carbocycles. The van der Waals surface area contributed by atoms with Gasteiger partial charge in [-0.05, 0) is 32.9 Å². The molecule has 1 N–H and O–H groups in total. The molecule has 98 valence electrons. The molecule has 0 spiro atoms. The van der Waals surface area contributed by atoms with Crippen molar-refractivity contribution >= 4 is 34.3 Å². The van der Waals surface area contributed by atoms with E-state index in [1.807, 2.05) is 11.4 Å². The van der Waals surface area contributed by atoms with Crippen LogP contribution in [0.4, 0.5) is 0 Å². The Balaban J connectivity index is 2.21. The van der Waals surface area contributed by atoms with Gasteiger partial charge in [0.05, 0.1) is 15.6 Å². The van der Waals surface area contributed by atoms with Crippen LogP contribution in [-0.4, -0.2) is 11.5 Å². The van der Waals surface area contributed by atoms with E-state index < -0.39 is 0 Å². The minimum absolute atomic E-state index is 0.367. The fraction of sp³-hybridized carbons (Fsp3) is 0.462. The molecule has 0 saturated heterocycles. The summed E-state index contributed by atoms with van der Waals surface area (Å²) < 4.78 is 0. The Hall–Kier alpha value is -0.420. The van der Waals surface area contributed by atoms with Gasteiger partial charge < -0.3 is 5.32 Å². The number of hydrogen-bond acceptors (Lipinski definition) is 4. The molecule has 0 aliphatic rings. The summed E-state index contributed by atoms with van der Waals surface area (Å²) in [6.07, 6.45) is 1.15. The first-order valence-electron chi connectivity index (χ1n) is 6.07. The van der Waals surface area contributed by atoms with Crippen molar-refractivity contribution in [3.05, 3.63) is 27.0 Å². The lowest BCUT2D eigenvalue weighted by Crippen LogP contribution is -2.18. The third-order valence-electron chi connectivity index (χ3n) is 2.70. The second-order valence-corrected chi connectivity index (χ2v) is 6.65. The number of hydrogen-bond donors (Lipinski definition) is 1. The average Bonchev–Trinajstić information content (AvgIpc) is 2.92. The number of aromatic nitrogens is 1. The van der Waals surface area contributed by atoms with Crippen molar-refractivity contribution in [3.63, 3.8) is 0 Å². The van der Waals surface area contributed by atoms with Gasteiger partial charge in [-0.3, -0.25) is 0 Å². The standard InChI is InChI=1S/C13H17ClN2S2/c1-4-5-15-8(2)12-9(3)16-13(18-12)11-6-10(14)7-17-11/h6-8,15H,4-5H2,1-3H3. The van der Waals surface area contributed by atoms with Crippen molar-refractivity contribution in [2.75, 3.05) is 6.54 Å². The molecule has 0 aliphatic carbocycles. The highest BCUT2D eigenvalue weighted by molar-refractivity contribution is 7.21. The van der Waals surface area contributed by atoms with E-state index in [-0.39, 0.29) is 0 Å². The molecule has 18 heavy (non-hydrogen) atoms. The third-order valence-corrected chi connectivity index (χ3v) is 5.49. The van der Waals surface area contributed by atoms with Gasteiger partial charge in [-0.15, -0.1) is 22.7 Å². The van der Waals surface area contributed by atoms with E-state index in [1.54, 1.807) is 22.7 Å². The molecule has 0 aromatic carbocycles. The summed E-state index contributed by atoms with van der Waals surface area (Å²) in [5.74, 6) is 0. The highest BCUT2D eigenvalue weighted by Gasteiger charge is 2.15. The van der Waals surface area contributed by atoms with Crippen LogP contribution < -0.4 is 5.32 Å². The van der Waals surface area contributed by atoms with Crippen molar-refractivity contribution in [2.45, 2.75) is 33.2 Å². The lowest BCUT2D eigenvalue weighted by atomic mass is 10.2. The van der Waals surface area contributed by atoms with Gasteiger partial charge in [0, 0.05) is 16.3 Å². The minimum Gasteiger partial charge on any atom is -0.309 e. The van der Waals surface area contributed by atoms with Gasteiger partial charge in [0.1, 0.15) is 5.01 Å². The smallest absolute Gasteiger partial charge is 0.133 e. The molecule has 2 heterocycles. The number of thiazole rings is 1. The number of nitrogens with one attached hydrogen (secondary N) is 1. The van der Waals surface area contributed by atoms with Crippen molar-refractivity contribution < 1.29 is 0 Å². The Morgan fingerprint density at radius 2 is 2.28 bits per heavy atom. The second kappa shape index (κ2) is 6.15. The Kier molecular flexibility index (Phi) is 4.78. The van der Waals surface area contributed by atoms with Gasteiger partial charge in [-0.25, -0.2) is 4.98 Å². The topological polar surface area (TPSA) is 24.9 Å². The van der Waals surface area contributed by atoms with Crippen LogP contribution in [0.2, 0.25) is 5.02 Å². The molecular weight excluding hydrogens is 284 g/mol. The molecule has 2 aromatic rings. The predicted molar refractivity (Wildman–Crippen MR) is 81.9 cm³/mol. The summed E-state index contributed by atoms with van der Waals surface area (Å²) in [6.45, 7) is 7.49.